The molecule has 0 aromatic carbocycles. The Morgan fingerprint density at radius 3 is 2.62 bits per heavy atom. The van der Waals surface area contributed by atoms with Crippen LogP contribution >= 0.6 is 11.6 Å². The van der Waals surface area contributed by atoms with Crippen molar-refractivity contribution in [1.29, 1.82) is 0 Å². The zero-order valence-corrected chi connectivity index (χ0v) is 9.72. The minimum Gasteiger partial charge on any atom is -0.505 e. The number of aromatic hydroxyl groups is 1. The van der Waals surface area contributed by atoms with Crippen molar-refractivity contribution in [3.63, 3.8) is 0 Å². The van der Waals surface area contributed by atoms with E-state index in [-0.39, 0.29) is 23.7 Å². The Labute approximate surface area is 97.4 Å². The summed E-state index contributed by atoms with van der Waals surface area (Å²) < 4.78 is 4.75. The van der Waals surface area contributed by atoms with Gasteiger partial charge in [0.15, 0.2) is 11.5 Å². The highest BCUT2D eigenvalue weighted by molar-refractivity contribution is 6.30. The van der Waals surface area contributed by atoms with Gasteiger partial charge in [0.1, 0.15) is 11.3 Å². The van der Waals surface area contributed by atoms with Crippen LogP contribution in [0.4, 0.5) is 0 Å². The Kier molecular flexibility index (Phi) is 3.95. The van der Waals surface area contributed by atoms with Crippen LogP contribution in [-0.4, -0.2) is 34.3 Å². The standard InChI is InChI=1S/C10H12ClNO4/c1-3-16-10(15)7-5(2)12-8(9(7)14)6(13)4-11/h12,14H,3-4H2,1-2H3. The molecule has 0 bridgehead atoms. The highest BCUT2D eigenvalue weighted by Gasteiger charge is 2.24. The molecule has 6 heteroatoms. The van der Waals surface area contributed by atoms with E-state index in [0.717, 1.165) is 0 Å². The Morgan fingerprint density at radius 1 is 1.50 bits per heavy atom. The van der Waals surface area contributed by atoms with E-state index in [1.54, 1.807) is 13.8 Å². The molecule has 1 aromatic rings. The summed E-state index contributed by atoms with van der Waals surface area (Å²) >= 11 is 5.36. The van der Waals surface area contributed by atoms with E-state index in [2.05, 4.69) is 4.98 Å². The van der Waals surface area contributed by atoms with Crippen LogP contribution in [0.3, 0.4) is 0 Å². The quantitative estimate of drug-likeness (QED) is 0.480. The van der Waals surface area contributed by atoms with Crippen LogP contribution in [-0.2, 0) is 4.74 Å². The summed E-state index contributed by atoms with van der Waals surface area (Å²) in [5.41, 5.74) is 0.301. The van der Waals surface area contributed by atoms with Gasteiger partial charge in [0.25, 0.3) is 0 Å². The maximum absolute atomic E-state index is 11.5. The second-order valence-corrected chi connectivity index (χ2v) is 3.39. The average Bonchev–Trinajstić information content (AvgIpc) is 2.53. The summed E-state index contributed by atoms with van der Waals surface area (Å²) in [7, 11) is 0. The largest absolute Gasteiger partial charge is 0.505 e. The number of carbonyl (C=O) groups excluding carboxylic acids is 2. The average molecular weight is 246 g/mol. The smallest absolute Gasteiger partial charge is 0.343 e. The highest BCUT2D eigenvalue weighted by atomic mass is 35.5. The van der Waals surface area contributed by atoms with Crippen molar-refractivity contribution in [1.82, 2.24) is 4.98 Å². The first-order valence-electron chi connectivity index (χ1n) is 4.70. The van der Waals surface area contributed by atoms with Crippen LogP contribution in [0.2, 0.25) is 0 Å². The molecular weight excluding hydrogens is 234 g/mol. The lowest BCUT2D eigenvalue weighted by Gasteiger charge is -2.01. The fraction of sp³-hybridized carbons (Fsp3) is 0.400. The third-order valence-corrected chi connectivity index (χ3v) is 2.28. The molecule has 0 amide bonds. The van der Waals surface area contributed by atoms with Gasteiger partial charge in [0.05, 0.1) is 12.5 Å². The lowest BCUT2D eigenvalue weighted by atomic mass is 10.2. The second-order valence-electron chi connectivity index (χ2n) is 3.13. The first-order valence-corrected chi connectivity index (χ1v) is 5.24. The normalized spacial score (nSPS) is 10.2. The van der Waals surface area contributed by atoms with Crippen molar-refractivity contribution in [2.75, 3.05) is 12.5 Å². The molecule has 0 fully saturated rings. The first-order chi connectivity index (χ1) is 7.52. The first kappa shape index (κ1) is 12.6. The maximum Gasteiger partial charge on any atom is 0.343 e. The van der Waals surface area contributed by atoms with E-state index in [1.165, 1.54) is 0 Å². The minimum absolute atomic E-state index is 0.0182. The fourth-order valence-electron chi connectivity index (χ4n) is 1.33. The number of Topliss-reactive ketones (excluding diaryl/α,β-unsaturated/α-hetero) is 1. The molecule has 1 heterocycles. The number of nitrogens with one attached hydrogen (secondary N) is 1. The lowest BCUT2D eigenvalue weighted by molar-refractivity contribution is 0.0522. The minimum atomic E-state index is -0.664. The number of aryl methyl sites for hydroxylation is 1. The fourth-order valence-corrected chi connectivity index (χ4v) is 1.47. The van der Waals surface area contributed by atoms with E-state index in [4.69, 9.17) is 16.3 Å². The van der Waals surface area contributed by atoms with Gasteiger partial charge in [-0.05, 0) is 13.8 Å². The molecule has 16 heavy (non-hydrogen) atoms. The van der Waals surface area contributed by atoms with Gasteiger partial charge in [-0.25, -0.2) is 4.79 Å². The molecule has 0 aliphatic carbocycles. The van der Waals surface area contributed by atoms with Gasteiger partial charge in [0.2, 0.25) is 0 Å². The third-order valence-electron chi connectivity index (χ3n) is 2.04. The highest BCUT2D eigenvalue weighted by Crippen LogP contribution is 2.27. The Hall–Kier alpha value is -1.49. The van der Waals surface area contributed by atoms with E-state index in [9.17, 15) is 14.7 Å². The third kappa shape index (κ3) is 2.19. The van der Waals surface area contributed by atoms with E-state index in [0.29, 0.717) is 5.69 Å². The van der Waals surface area contributed by atoms with Gasteiger partial charge in [-0.2, -0.15) is 0 Å². The number of ketones is 1. The predicted octanol–water partition coefficient (Wildman–Crippen LogP) is 1.63. The summed E-state index contributed by atoms with van der Waals surface area (Å²) in [5, 5.41) is 9.70. The summed E-state index contributed by atoms with van der Waals surface area (Å²) in [6.45, 7) is 3.42. The summed E-state index contributed by atoms with van der Waals surface area (Å²) in [4.78, 5) is 25.4. The van der Waals surface area contributed by atoms with Crippen LogP contribution in [0.15, 0.2) is 0 Å². The molecule has 0 aliphatic rings. The van der Waals surface area contributed by atoms with Crippen molar-refractivity contribution < 1.29 is 19.4 Å². The van der Waals surface area contributed by atoms with E-state index >= 15 is 0 Å². The van der Waals surface area contributed by atoms with E-state index < -0.39 is 17.5 Å². The Balaban J connectivity index is 3.17. The molecule has 0 aliphatic heterocycles. The zero-order valence-electron chi connectivity index (χ0n) is 8.96. The van der Waals surface area contributed by atoms with Gasteiger partial charge in [0, 0.05) is 5.69 Å². The van der Waals surface area contributed by atoms with Crippen LogP contribution in [0.5, 0.6) is 5.75 Å². The maximum atomic E-state index is 11.5. The second kappa shape index (κ2) is 5.03. The number of H-pyrrole nitrogens is 1. The molecule has 0 radical (unpaired) electrons. The molecule has 0 unspecified atom stereocenters. The number of halogens is 1. The number of rotatable bonds is 4. The monoisotopic (exact) mass is 245 g/mol. The molecule has 0 atom stereocenters. The van der Waals surface area contributed by atoms with Crippen LogP contribution in [0, 0.1) is 6.92 Å². The molecule has 0 spiro atoms. The van der Waals surface area contributed by atoms with Crippen LogP contribution in [0.1, 0.15) is 33.5 Å². The molecule has 5 nitrogen and oxygen atoms in total. The number of carbonyl (C=O) groups is 2. The SMILES string of the molecule is CCOC(=O)c1c(C)[nH]c(C(=O)CCl)c1O. The predicted molar refractivity (Wildman–Crippen MR) is 58.2 cm³/mol. The van der Waals surface area contributed by atoms with Gasteiger partial charge in [-0.3, -0.25) is 4.79 Å². The van der Waals surface area contributed by atoms with Crippen molar-refractivity contribution in [3.05, 3.63) is 17.0 Å². The van der Waals surface area contributed by atoms with Gasteiger partial charge in [-0.15, -0.1) is 11.6 Å². The lowest BCUT2D eigenvalue weighted by Crippen LogP contribution is -2.05. The van der Waals surface area contributed by atoms with Crippen LogP contribution in [0.25, 0.3) is 0 Å². The summed E-state index contributed by atoms with van der Waals surface area (Å²) in [5.74, 6) is -1.81. The Bertz CT molecular complexity index is 425. The van der Waals surface area contributed by atoms with Crippen LogP contribution < -0.4 is 0 Å². The summed E-state index contributed by atoms with van der Waals surface area (Å²) in [6, 6.07) is 0. The van der Waals surface area contributed by atoms with Gasteiger partial charge >= 0.3 is 5.97 Å². The Morgan fingerprint density at radius 2 is 2.12 bits per heavy atom. The molecule has 0 saturated carbocycles. The number of aromatic nitrogens is 1. The number of aromatic amines is 1. The molecule has 1 rings (SSSR count). The van der Waals surface area contributed by atoms with Crippen molar-refractivity contribution in [3.8, 4) is 5.75 Å². The van der Waals surface area contributed by atoms with Gasteiger partial charge in [-0.1, -0.05) is 0 Å². The molecule has 88 valence electrons. The zero-order chi connectivity index (χ0) is 12.3. The molecular formula is C10H12ClNO4. The number of esters is 1. The van der Waals surface area contributed by atoms with E-state index in [1.807, 2.05) is 0 Å². The topological polar surface area (TPSA) is 79.4 Å². The molecule has 2 N–H and O–H groups in total. The molecule has 0 saturated heterocycles. The van der Waals surface area contributed by atoms with Crippen molar-refractivity contribution >= 4 is 23.4 Å². The number of ether oxygens (including phenoxy) is 1. The van der Waals surface area contributed by atoms with Crippen molar-refractivity contribution in [2.45, 2.75) is 13.8 Å². The van der Waals surface area contributed by atoms with Gasteiger partial charge < -0.3 is 14.8 Å². The molecule has 1 aromatic heterocycles. The summed E-state index contributed by atoms with van der Waals surface area (Å²) in [6.07, 6.45) is 0. The number of hydrogen-bond acceptors (Lipinski definition) is 4. The van der Waals surface area contributed by atoms with Crippen molar-refractivity contribution in [2.24, 2.45) is 0 Å². The number of hydrogen-bond donors (Lipinski definition) is 2. The number of alkyl halides is 1.